The third-order valence-electron chi connectivity index (χ3n) is 9.11. The largest absolute Gasteiger partial charge is 0.465 e. The Hall–Kier alpha value is -2.27. The zero-order valence-corrected chi connectivity index (χ0v) is 23.5. The van der Waals surface area contributed by atoms with Crippen molar-refractivity contribution in [2.75, 3.05) is 65.7 Å². The molecule has 4 aliphatic heterocycles. The van der Waals surface area contributed by atoms with Crippen molar-refractivity contribution in [3.63, 3.8) is 0 Å². The quantitative estimate of drug-likeness (QED) is 0.197. The molecule has 0 aliphatic carbocycles. The van der Waals surface area contributed by atoms with Gasteiger partial charge >= 0.3 is 5.97 Å². The summed E-state index contributed by atoms with van der Waals surface area (Å²) in [5, 5.41) is 9.58. The Morgan fingerprint density at radius 1 is 1.21 bits per heavy atom. The van der Waals surface area contributed by atoms with Gasteiger partial charge in [-0.15, -0.1) is 13.2 Å². The number of likely N-dealkylation sites (tertiary alicyclic amines) is 1. The molecule has 0 saturated carbocycles. The van der Waals surface area contributed by atoms with Crippen molar-refractivity contribution < 1.29 is 33.7 Å². The lowest BCUT2D eigenvalue weighted by molar-refractivity contribution is -0.162. The van der Waals surface area contributed by atoms with Crippen LogP contribution in [0.3, 0.4) is 0 Å². The van der Waals surface area contributed by atoms with E-state index < -0.39 is 35.0 Å². The van der Waals surface area contributed by atoms with E-state index in [2.05, 4.69) is 18.1 Å². The maximum absolute atomic E-state index is 14.4. The number of allylic oxidation sites excluding steroid dienone is 1. The monoisotopic (exact) mass is 547 g/mol. The minimum atomic E-state index is -1.12. The van der Waals surface area contributed by atoms with E-state index in [0.717, 1.165) is 19.5 Å². The minimum Gasteiger partial charge on any atom is -0.465 e. The van der Waals surface area contributed by atoms with Gasteiger partial charge < -0.3 is 29.1 Å². The summed E-state index contributed by atoms with van der Waals surface area (Å²) in [6.45, 7) is 16.3. The molecule has 2 amide bonds. The van der Waals surface area contributed by atoms with Crippen LogP contribution in [0.25, 0.3) is 0 Å². The average molecular weight is 548 g/mol. The number of ether oxygens (including phenoxy) is 3. The number of hydrogen-bond donors (Lipinski definition) is 1. The molecule has 0 radical (unpaired) electrons. The summed E-state index contributed by atoms with van der Waals surface area (Å²) in [6.07, 6.45) is 5.68. The van der Waals surface area contributed by atoms with Crippen LogP contribution in [0, 0.1) is 17.8 Å². The minimum absolute atomic E-state index is 0.0541. The Morgan fingerprint density at radius 3 is 2.62 bits per heavy atom. The second kappa shape index (κ2) is 12.5. The van der Waals surface area contributed by atoms with Crippen LogP contribution in [0.4, 0.5) is 0 Å². The molecule has 4 saturated heterocycles. The smallest absolute Gasteiger partial charge is 0.312 e. The number of carbonyl (C=O) groups excluding carboxylic acids is 3. The molecule has 4 rings (SSSR count). The summed E-state index contributed by atoms with van der Waals surface area (Å²) in [5.74, 6) is -2.57. The number of aliphatic hydroxyl groups is 1. The topological polar surface area (TPSA) is 109 Å². The first-order valence-corrected chi connectivity index (χ1v) is 14.3. The lowest BCUT2D eigenvalue weighted by Crippen LogP contribution is -2.57. The molecule has 0 aromatic heterocycles. The van der Waals surface area contributed by atoms with Crippen LogP contribution in [-0.4, -0.2) is 121 Å². The zero-order valence-electron chi connectivity index (χ0n) is 23.5. The van der Waals surface area contributed by atoms with Gasteiger partial charge in [-0.25, -0.2) is 0 Å². The number of rotatable bonds is 14. The lowest BCUT2D eigenvalue weighted by Gasteiger charge is -2.38. The summed E-state index contributed by atoms with van der Waals surface area (Å²) in [4.78, 5) is 47.5. The van der Waals surface area contributed by atoms with Gasteiger partial charge in [0.15, 0.2) is 0 Å². The zero-order chi connectivity index (χ0) is 28.2. The number of amides is 2. The molecule has 1 N–H and O–H groups in total. The van der Waals surface area contributed by atoms with Gasteiger partial charge in [-0.1, -0.05) is 19.1 Å². The fourth-order valence-electron chi connectivity index (χ4n) is 7.06. The van der Waals surface area contributed by atoms with Gasteiger partial charge in [-0.3, -0.25) is 19.3 Å². The van der Waals surface area contributed by atoms with Gasteiger partial charge in [-0.2, -0.15) is 0 Å². The number of fused-ring (bicyclic) bond motifs is 1. The van der Waals surface area contributed by atoms with E-state index in [1.54, 1.807) is 22.0 Å². The Balaban J connectivity index is 1.63. The molecule has 3 unspecified atom stereocenters. The highest BCUT2D eigenvalue weighted by Gasteiger charge is 2.80. The third-order valence-corrected chi connectivity index (χ3v) is 9.11. The number of nitrogens with zero attached hydrogens (tertiary/aromatic N) is 3. The number of unbranched alkanes of at least 4 members (excludes halogenated alkanes) is 1. The summed E-state index contributed by atoms with van der Waals surface area (Å²) >= 11 is 0. The van der Waals surface area contributed by atoms with Crippen molar-refractivity contribution in [3.05, 3.63) is 25.3 Å². The number of morpholine rings is 1. The van der Waals surface area contributed by atoms with Crippen LogP contribution in [-0.2, 0) is 28.6 Å². The van der Waals surface area contributed by atoms with E-state index in [4.69, 9.17) is 14.2 Å². The molecule has 0 aromatic carbocycles. The highest BCUT2D eigenvalue weighted by molar-refractivity contribution is 5.98. The van der Waals surface area contributed by atoms with Crippen LogP contribution < -0.4 is 0 Å². The van der Waals surface area contributed by atoms with E-state index in [0.29, 0.717) is 52.1 Å². The molecule has 1 spiro atoms. The van der Waals surface area contributed by atoms with Gasteiger partial charge in [0.25, 0.3) is 0 Å². The van der Waals surface area contributed by atoms with Crippen molar-refractivity contribution in [1.82, 2.24) is 14.7 Å². The second-order valence-corrected chi connectivity index (χ2v) is 11.4. The molecular weight excluding hydrogens is 502 g/mol. The van der Waals surface area contributed by atoms with Crippen LogP contribution in [0.1, 0.15) is 39.5 Å². The lowest BCUT2D eigenvalue weighted by atomic mass is 9.62. The predicted octanol–water partition coefficient (Wildman–Crippen LogP) is 1.24. The van der Waals surface area contributed by atoms with E-state index in [-0.39, 0.29) is 37.5 Å². The first-order chi connectivity index (χ1) is 18.7. The van der Waals surface area contributed by atoms with Crippen LogP contribution >= 0.6 is 0 Å². The summed E-state index contributed by atoms with van der Waals surface area (Å²) in [5.41, 5.74) is -2.03. The second-order valence-electron chi connectivity index (χ2n) is 11.4. The normalized spacial score (nSPS) is 33.7. The van der Waals surface area contributed by atoms with Crippen molar-refractivity contribution in [3.8, 4) is 0 Å². The van der Waals surface area contributed by atoms with E-state index in [1.807, 2.05) is 13.8 Å². The highest BCUT2D eigenvalue weighted by atomic mass is 16.6. The molecule has 4 heterocycles. The average Bonchev–Trinajstić information content (AvgIpc) is 3.44. The van der Waals surface area contributed by atoms with E-state index >= 15 is 0 Å². The van der Waals surface area contributed by atoms with Crippen molar-refractivity contribution >= 4 is 17.8 Å². The van der Waals surface area contributed by atoms with E-state index in [1.165, 1.54) is 0 Å². The van der Waals surface area contributed by atoms with Crippen molar-refractivity contribution in [2.24, 2.45) is 17.8 Å². The van der Waals surface area contributed by atoms with Crippen LogP contribution in [0.2, 0.25) is 0 Å². The molecule has 10 heteroatoms. The molecule has 6 atom stereocenters. The molecule has 4 aliphatic rings. The SMILES string of the molecule is C=CCCCOC(=O)[C@@H]1[C@H]2C(=O)N(CCCO)C(C(=O)N(CC=C)CCN3CCOCC3)C23CC(C)[C@@]1(C)O3. The van der Waals surface area contributed by atoms with Gasteiger partial charge in [0.1, 0.15) is 17.6 Å². The Kier molecular flexibility index (Phi) is 9.52. The number of hydrogen-bond acceptors (Lipinski definition) is 8. The summed E-state index contributed by atoms with van der Waals surface area (Å²) in [7, 11) is 0. The van der Waals surface area contributed by atoms with Gasteiger partial charge in [-0.05, 0) is 38.5 Å². The highest BCUT2D eigenvalue weighted by Crippen LogP contribution is 2.65. The Bertz CT molecular complexity index is 938. The molecule has 4 fully saturated rings. The Labute approximate surface area is 231 Å². The van der Waals surface area contributed by atoms with Crippen molar-refractivity contribution in [2.45, 2.75) is 56.8 Å². The first-order valence-electron chi connectivity index (χ1n) is 14.3. The number of aliphatic hydroxyl groups excluding tert-OH is 1. The van der Waals surface area contributed by atoms with Gasteiger partial charge in [0.05, 0.1) is 31.3 Å². The maximum Gasteiger partial charge on any atom is 0.312 e. The van der Waals surface area contributed by atoms with Gasteiger partial charge in [0.2, 0.25) is 11.8 Å². The standard InChI is InChI=1S/C29H45N3O7/c1-5-7-8-17-38-27(36)23-22-25(34)32(11-9-16-33)24(29(22)20-21(3)28(23,4)39-29)26(35)31(10-6-2)13-12-30-14-18-37-19-15-30/h5-6,21-24,33H,1-2,7-20H2,3-4H3/t21?,22-,23-,24?,28+,29?/m0/s1. The first kappa shape index (κ1) is 29.7. The number of esters is 1. The fourth-order valence-corrected chi connectivity index (χ4v) is 7.06. The fraction of sp³-hybridized carbons (Fsp3) is 0.759. The van der Waals surface area contributed by atoms with Crippen LogP contribution in [0.15, 0.2) is 25.3 Å². The molecule has 2 bridgehead atoms. The maximum atomic E-state index is 14.4. The molecule has 10 nitrogen and oxygen atoms in total. The third kappa shape index (κ3) is 5.40. The number of carbonyl (C=O) groups is 3. The molecule has 218 valence electrons. The molecular formula is C29H45N3O7. The van der Waals surface area contributed by atoms with Crippen LogP contribution in [0.5, 0.6) is 0 Å². The van der Waals surface area contributed by atoms with Crippen molar-refractivity contribution in [1.29, 1.82) is 0 Å². The summed E-state index contributed by atoms with van der Waals surface area (Å²) in [6, 6.07) is -0.881. The molecule has 39 heavy (non-hydrogen) atoms. The summed E-state index contributed by atoms with van der Waals surface area (Å²) < 4.78 is 17.8. The predicted molar refractivity (Wildman–Crippen MR) is 145 cm³/mol. The Morgan fingerprint density at radius 2 is 1.95 bits per heavy atom. The van der Waals surface area contributed by atoms with Gasteiger partial charge in [0, 0.05) is 45.9 Å². The molecule has 0 aromatic rings. The van der Waals surface area contributed by atoms with E-state index in [9.17, 15) is 19.5 Å².